The summed E-state index contributed by atoms with van der Waals surface area (Å²) >= 11 is 0. The number of benzene rings is 1. The molecule has 2 aliphatic rings. The number of anilines is 3. The van der Waals surface area contributed by atoms with E-state index >= 15 is 0 Å². The predicted molar refractivity (Wildman–Crippen MR) is 102 cm³/mol. The van der Waals surface area contributed by atoms with Crippen LogP contribution in [0.3, 0.4) is 0 Å². The molecular weight excluding hydrogens is 328 g/mol. The van der Waals surface area contributed by atoms with Crippen LogP contribution in [0.5, 0.6) is 0 Å². The van der Waals surface area contributed by atoms with E-state index in [-0.39, 0.29) is 5.69 Å². The van der Waals surface area contributed by atoms with Crippen molar-refractivity contribution in [3.63, 3.8) is 0 Å². The van der Waals surface area contributed by atoms with Gasteiger partial charge in [-0.05, 0) is 37.0 Å². The van der Waals surface area contributed by atoms with E-state index in [1.807, 2.05) is 12.1 Å². The second-order valence-electron chi connectivity index (χ2n) is 6.94. The van der Waals surface area contributed by atoms with Crippen LogP contribution >= 0.6 is 0 Å². The van der Waals surface area contributed by atoms with Crippen LogP contribution in [0.1, 0.15) is 41.2 Å². The average molecular weight is 352 g/mol. The van der Waals surface area contributed by atoms with Crippen molar-refractivity contribution in [3.05, 3.63) is 41.7 Å². The lowest BCUT2D eigenvalue weighted by Crippen LogP contribution is -2.39. The third-order valence-electron chi connectivity index (χ3n) is 5.10. The Bertz CT molecular complexity index is 781. The zero-order valence-electron chi connectivity index (χ0n) is 14.7. The Morgan fingerprint density at radius 3 is 2.50 bits per heavy atom. The van der Waals surface area contributed by atoms with Crippen molar-refractivity contribution in [3.8, 4) is 0 Å². The minimum Gasteiger partial charge on any atom is -0.364 e. The van der Waals surface area contributed by atoms with E-state index in [1.54, 1.807) is 6.20 Å². The number of piperidine rings is 1. The first-order chi connectivity index (χ1) is 12.7. The maximum absolute atomic E-state index is 11.7. The Hall–Kier alpha value is -2.67. The number of primary amides is 1. The van der Waals surface area contributed by atoms with Gasteiger partial charge >= 0.3 is 0 Å². The zero-order valence-corrected chi connectivity index (χ0v) is 14.7. The molecule has 4 rings (SSSR count). The van der Waals surface area contributed by atoms with Gasteiger partial charge in [-0.3, -0.25) is 4.79 Å². The van der Waals surface area contributed by atoms with Gasteiger partial charge < -0.3 is 21.3 Å². The summed E-state index contributed by atoms with van der Waals surface area (Å²) < 4.78 is 0. The molecule has 2 aromatic rings. The minimum absolute atomic E-state index is 0.165. The number of carbonyl (C=O) groups is 1. The Morgan fingerprint density at radius 2 is 1.88 bits per heavy atom. The molecule has 1 aromatic heterocycles. The first kappa shape index (κ1) is 16.8. The second kappa shape index (κ2) is 7.29. The van der Waals surface area contributed by atoms with Gasteiger partial charge in [0.15, 0.2) is 11.5 Å². The highest BCUT2D eigenvalue weighted by Crippen LogP contribution is 2.25. The molecular formula is C19H24N6O. The Labute approximate surface area is 153 Å². The van der Waals surface area contributed by atoms with Crippen LogP contribution in [-0.2, 0) is 0 Å². The van der Waals surface area contributed by atoms with E-state index in [0.717, 1.165) is 50.5 Å². The molecule has 0 unspecified atom stereocenters. The van der Waals surface area contributed by atoms with Crippen LogP contribution in [0.25, 0.3) is 0 Å². The highest BCUT2D eigenvalue weighted by atomic mass is 16.1. The monoisotopic (exact) mass is 352 g/mol. The SMILES string of the molecule is NC(=O)c1ncc(N2CCCCC2)nc1Nc1ccc(C2CNC2)cc1. The highest BCUT2D eigenvalue weighted by molar-refractivity contribution is 5.96. The summed E-state index contributed by atoms with van der Waals surface area (Å²) in [5.41, 5.74) is 7.84. The molecule has 0 saturated carbocycles. The van der Waals surface area contributed by atoms with E-state index in [9.17, 15) is 4.79 Å². The molecule has 1 amide bonds. The van der Waals surface area contributed by atoms with Crippen molar-refractivity contribution in [2.45, 2.75) is 25.2 Å². The van der Waals surface area contributed by atoms with Gasteiger partial charge in [0, 0.05) is 37.8 Å². The van der Waals surface area contributed by atoms with E-state index in [1.165, 1.54) is 12.0 Å². The number of carbonyl (C=O) groups excluding carboxylic acids is 1. The summed E-state index contributed by atoms with van der Waals surface area (Å²) in [7, 11) is 0. The third-order valence-corrected chi connectivity index (χ3v) is 5.10. The summed E-state index contributed by atoms with van der Waals surface area (Å²) in [6, 6.07) is 8.24. The first-order valence-corrected chi connectivity index (χ1v) is 9.20. The van der Waals surface area contributed by atoms with Gasteiger partial charge in [0.05, 0.1) is 6.20 Å². The number of nitrogens with two attached hydrogens (primary N) is 1. The fourth-order valence-electron chi connectivity index (χ4n) is 3.42. The van der Waals surface area contributed by atoms with Crippen LogP contribution in [0, 0.1) is 0 Å². The average Bonchev–Trinajstić information content (AvgIpc) is 2.62. The quantitative estimate of drug-likeness (QED) is 0.762. The van der Waals surface area contributed by atoms with Gasteiger partial charge in [-0.15, -0.1) is 0 Å². The Balaban J connectivity index is 1.57. The number of nitrogens with one attached hydrogen (secondary N) is 2. The van der Waals surface area contributed by atoms with E-state index in [0.29, 0.717) is 11.7 Å². The second-order valence-corrected chi connectivity index (χ2v) is 6.94. The predicted octanol–water partition coefficient (Wildman–Crippen LogP) is 2.00. The summed E-state index contributed by atoms with van der Waals surface area (Å²) in [5, 5.41) is 6.50. The summed E-state index contributed by atoms with van der Waals surface area (Å²) in [6.07, 6.45) is 5.19. The third kappa shape index (κ3) is 3.48. The molecule has 136 valence electrons. The minimum atomic E-state index is -0.581. The van der Waals surface area contributed by atoms with Crippen molar-refractivity contribution in [1.82, 2.24) is 15.3 Å². The van der Waals surface area contributed by atoms with Crippen molar-refractivity contribution < 1.29 is 4.79 Å². The lowest BCUT2D eigenvalue weighted by Gasteiger charge is -2.28. The van der Waals surface area contributed by atoms with E-state index < -0.39 is 5.91 Å². The van der Waals surface area contributed by atoms with Crippen molar-refractivity contribution in [2.24, 2.45) is 5.73 Å². The topological polar surface area (TPSA) is 96.2 Å². The van der Waals surface area contributed by atoms with Crippen LogP contribution < -0.4 is 21.3 Å². The molecule has 2 fully saturated rings. The molecule has 0 bridgehead atoms. The molecule has 3 heterocycles. The summed E-state index contributed by atoms with van der Waals surface area (Å²) in [5.74, 6) is 1.21. The van der Waals surface area contributed by atoms with Gasteiger partial charge in [0.1, 0.15) is 5.82 Å². The molecule has 0 atom stereocenters. The van der Waals surface area contributed by atoms with Gasteiger partial charge in [0.25, 0.3) is 5.91 Å². The van der Waals surface area contributed by atoms with Gasteiger partial charge in [-0.25, -0.2) is 9.97 Å². The molecule has 7 heteroatoms. The summed E-state index contributed by atoms with van der Waals surface area (Å²) in [4.78, 5) is 22.9. The van der Waals surface area contributed by atoms with Crippen LogP contribution in [-0.4, -0.2) is 42.1 Å². The standard InChI is InChI=1S/C19H24N6O/c20-18(26)17-19(24-16(12-22-17)25-8-2-1-3-9-25)23-15-6-4-13(5-7-15)14-10-21-11-14/h4-7,12,14,21H,1-3,8-11H2,(H2,20,26)(H,23,24). The van der Waals surface area contributed by atoms with Crippen molar-refractivity contribution in [2.75, 3.05) is 36.4 Å². The largest absolute Gasteiger partial charge is 0.364 e. The fourth-order valence-corrected chi connectivity index (χ4v) is 3.42. The van der Waals surface area contributed by atoms with Gasteiger partial charge in [0.2, 0.25) is 0 Å². The number of amides is 1. The molecule has 2 aliphatic heterocycles. The number of hydrogen-bond acceptors (Lipinski definition) is 6. The molecule has 1 aromatic carbocycles. The molecule has 26 heavy (non-hydrogen) atoms. The fraction of sp³-hybridized carbons (Fsp3) is 0.421. The number of aromatic nitrogens is 2. The first-order valence-electron chi connectivity index (χ1n) is 9.20. The highest BCUT2D eigenvalue weighted by Gasteiger charge is 2.20. The lowest BCUT2D eigenvalue weighted by atomic mass is 9.94. The van der Waals surface area contributed by atoms with Crippen LogP contribution in [0.2, 0.25) is 0 Å². The molecule has 4 N–H and O–H groups in total. The summed E-state index contributed by atoms with van der Waals surface area (Å²) in [6.45, 7) is 3.99. The van der Waals surface area contributed by atoms with Crippen LogP contribution in [0.15, 0.2) is 30.5 Å². The van der Waals surface area contributed by atoms with Crippen molar-refractivity contribution >= 4 is 23.2 Å². The smallest absolute Gasteiger partial charge is 0.271 e. The van der Waals surface area contributed by atoms with E-state index in [4.69, 9.17) is 5.73 Å². The maximum Gasteiger partial charge on any atom is 0.271 e. The molecule has 7 nitrogen and oxygen atoms in total. The molecule has 0 spiro atoms. The maximum atomic E-state index is 11.7. The number of hydrogen-bond donors (Lipinski definition) is 3. The lowest BCUT2D eigenvalue weighted by molar-refractivity contribution is 0.0996. The Morgan fingerprint density at radius 1 is 1.15 bits per heavy atom. The molecule has 2 saturated heterocycles. The van der Waals surface area contributed by atoms with Gasteiger partial charge in [-0.2, -0.15) is 0 Å². The molecule has 0 aliphatic carbocycles. The molecule has 0 radical (unpaired) electrons. The normalized spacial score (nSPS) is 17.6. The Kier molecular flexibility index (Phi) is 4.71. The number of nitrogens with zero attached hydrogens (tertiary/aromatic N) is 3. The zero-order chi connectivity index (χ0) is 17.9. The van der Waals surface area contributed by atoms with Gasteiger partial charge in [-0.1, -0.05) is 12.1 Å². The van der Waals surface area contributed by atoms with Crippen molar-refractivity contribution in [1.29, 1.82) is 0 Å². The van der Waals surface area contributed by atoms with E-state index in [2.05, 4.69) is 37.6 Å². The number of rotatable bonds is 5. The van der Waals surface area contributed by atoms with Crippen LogP contribution in [0.4, 0.5) is 17.3 Å².